The van der Waals surface area contributed by atoms with Crippen LogP contribution >= 0.6 is 11.6 Å². The number of methoxy groups -OCH3 is 1. The molecule has 1 aliphatic heterocycles. The standard InChI is InChI=1S/C27H36ClN5O3/c1-19(16-34-2)32-21-5-3-20(4-6-21)11-22-12-23(24(28)13-31-22)25-14-30-15-26(33-25)36-18-27(17-29)7-9-35-10-8-27/h12-15,19-21,32H,3-11,16,18H2,1-2H3/t19-,20?,21?/m1/s1/i2D3. The van der Waals surface area contributed by atoms with E-state index in [1.165, 1.54) is 0 Å². The molecule has 0 radical (unpaired) electrons. The van der Waals surface area contributed by atoms with Gasteiger partial charge in [0.1, 0.15) is 6.61 Å². The third kappa shape index (κ3) is 7.13. The van der Waals surface area contributed by atoms with Crippen LogP contribution in [0.15, 0.2) is 24.7 Å². The fourth-order valence-corrected chi connectivity index (χ4v) is 5.20. The lowest BCUT2D eigenvalue weighted by Gasteiger charge is -2.31. The Bertz CT molecular complexity index is 1130. The summed E-state index contributed by atoms with van der Waals surface area (Å²) in [6, 6.07) is 4.71. The van der Waals surface area contributed by atoms with Crippen molar-refractivity contribution in [1.82, 2.24) is 20.3 Å². The van der Waals surface area contributed by atoms with E-state index in [1.54, 1.807) is 18.6 Å². The highest BCUT2D eigenvalue weighted by Gasteiger charge is 2.34. The highest BCUT2D eigenvalue weighted by atomic mass is 35.5. The van der Waals surface area contributed by atoms with Crippen LogP contribution in [0, 0.1) is 22.7 Å². The number of nitrogens with zero attached hydrogens (tertiary/aromatic N) is 4. The van der Waals surface area contributed by atoms with E-state index >= 15 is 0 Å². The number of nitrogens with one attached hydrogen (secondary N) is 1. The Kier molecular flexibility index (Phi) is 8.11. The van der Waals surface area contributed by atoms with Gasteiger partial charge in [-0.05, 0) is 63.9 Å². The minimum atomic E-state index is -2.36. The number of nitriles is 1. The van der Waals surface area contributed by atoms with Gasteiger partial charge in [0, 0.05) is 49.8 Å². The summed E-state index contributed by atoms with van der Waals surface area (Å²) in [5, 5.41) is 13.7. The Balaban J connectivity index is 1.32. The molecule has 0 aromatic carbocycles. The molecule has 0 unspecified atom stereocenters. The van der Waals surface area contributed by atoms with Gasteiger partial charge in [-0.1, -0.05) is 11.6 Å². The van der Waals surface area contributed by atoms with Crippen molar-refractivity contribution in [3.8, 4) is 23.2 Å². The second kappa shape index (κ2) is 12.8. The summed E-state index contributed by atoms with van der Waals surface area (Å²) in [5.41, 5.74) is 1.72. The fourth-order valence-electron chi connectivity index (χ4n) is 5.00. The first-order valence-electron chi connectivity index (χ1n) is 14.1. The van der Waals surface area contributed by atoms with Gasteiger partial charge in [-0.3, -0.25) is 9.97 Å². The number of halogens is 1. The van der Waals surface area contributed by atoms with E-state index in [4.69, 9.17) is 29.9 Å². The first-order chi connectivity index (χ1) is 18.6. The lowest BCUT2D eigenvalue weighted by molar-refractivity contribution is 0.0182. The van der Waals surface area contributed by atoms with Crippen LogP contribution in [0.4, 0.5) is 0 Å². The van der Waals surface area contributed by atoms with E-state index in [0.29, 0.717) is 54.6 Å². The molecule has 4 rings (SSSR count). The zero-order valence-electron chi connectivity index (χ0n) is 23.7. The van der Waals surface area contributed by atoms with Gasteiger partial charge in [-0.15, -0.1) is 0 Å². The first-order valence-corrected chi connectivity index (χ1v) is 13.0. The van der Waals surface area contributed by atoms with E-state index in [1.807, 2.05) is 13.0 Å². The summed E-state index contributed by atoms with van der Waals surface area (Å²) in [6.45, 7) is 3.46. The highest BCUT2D eigenvalue weighted by molar-refractivity contribution is 6.33. The number of rotatable bonds is 10. The second-order valence-corrected chi connectivity index (χ2v) is 10.4. The van der Waals surface area contributed by atoms with Crippen molar-refractivity contribution in [1.29, 1.82) is 5.26 Å². The van der Waals surface area contributed by atoms with Crippen LogP contribution < -0.4 is 10.1 Å². The molecule has 2 aromatic heterocycles. The third-order valence-electron chi connectivity index (χ3n) is 7.18. The molecule has 2 aromatic rings. The van der Waals surface area contributed by atoms with E-state index in [0.717, 1.165) is 43.4 Å². The van der Waals surface area contributed by atoms with E-state index in [-0.39, 0.29) is 19.3 Å². The Morgan fingerprint density at radius 1 is 1.28 bits per heavy atom. The zero-order chi connectivity index (χ0) is 27.9. The maximum Gasteiger partial charge on any atom is 0.232 e. The second-order valence-electron chi connectivity index (χ2n) is 9.99. The molecule has 1 N–H and O–H groups in total. The summed E-state index contributed by atoms with van der Waals surface area (Å²) < 4.78 is 37.8. The largest absolute Gasteiger partial charge is 0.475 e. The van der Waals surface area contributed by atoms with Crippen molar-refractivity contribution in [2.24, 2.45) is 11.3 Å². The van der Waals surface area contributed by atoms with Crippen molar-refractivity contribution in [2.45, 2.75) is 64.0 Å². The van der Waals surface area contributed by atoms with E-state index in [9.17, 15) is 5.26 Å². The van der Waals surface area contributed by atoms with Crippen molar-refractivity contribution in [3.05, 3.63) is 35.4 Å². The molecule has 2 aliphatic rings. The van der Waals surface area contributed by atoms with Crippen molar-refractivity contribution < 1.29 is 18.3 Å². The molecule has 1 atom stereocenters. The van der Waals surface area contributed by atoms with Crippen LogP contribution in [0.2, 0.25) is 5.02 Å². The molecule has 0 spiro atoms. The van der Waals surface area contributed by atoms with Crippen molar-refractivity contribution in [2.75, 3.05) is 33.5 Å². The monoisotopic (exact) mass is 516 g/mol. The Morgan fingerprint density at radius 2 is 2.08 bits per heavy atom. The average Bonchev–Trinajstić information content (AvgIpc) is 2.93. The van der Waals surface area contributed by atoms with Gasteiger partial charge < -0.3 is 19.5 Å². The molecular formula is C27H36ClN5O3. The van der Waals surface area contributed by atoms with Crippen LogP contribution in [0.3, 0.4) is 0 Å². The molecule has 0 amide bonds. The molecule has 0 bridgehead atoms. The minimum Gasteiger partial charge on any atom is -0.475 e. The predicted octanol–water partition coefficient (Wildman–Crippen LogP) is 4.62. The fraction of sp³-hybridized carbons (Fsp3) is 0.630. The summed E-state index contributed by atoms with van der Waals surface area (Å²) in [7, 11) is -2.36. The molecule has 194 valence electrons. The minimum absolute atomic E-state index is 0.0181. The highest BCUT2D eigenvalue weighted by Crippen LogP contribution is 2.33. The zero-order valence-corrected chi connectivity index (χ0v) is 21.5. The molecule has 1 aliphatic carbocycles. The molecule has 8 nitrogen and oxygen atoms in total. The molecule has 3 heterocycles. The van der Waals surface area contributed by atoms with Gasteiger partial charge in [0.05, 0.1) is 45.3 Å². The Morgan fingerprint density at radius 3 is 2.83 bits per heavy atom. The van der Waals surface area contributed by atoms with Gasteiger partial charge >= 0.3 is 0 Å². The van der Waals surface area contributed by atoms with Gasteiger partial charge in [0.2, 0.25) is 5.88 Å². The molecule has 2 fully saturated rings. The van der Waals surface area contributed by atoms with Gasteiger partial charge in [-0.2, -0.15) is 5.26 Å². The van der Waals surface area contributed by atoms with E-state index < -0.39 is 12.5 Å². The van der Waals surface area contributed by atoms with Gasteiger partial charge in [0.15, 0.2) is 0 Å². The summed E-state index contributed by atoms with van der Waals surface area (Å²) >= 11 is 6.51. The SMILES string of the molecule is [2H]C([2H])([2H])OC[C@@H](C)NC1CCC(Cc2cc(-c3cncc(OCC4(C#N)CCOCC4)n3)c(Cl)cn2)CC1. The van der Waals surface area contributed by atoms with Crippen LogP contribution in [0.25, 0.3) is 11.3 Å². The van der Waals surface area contributed by atoms with Crippen LogP contribution in [0.1, 0.15) is 55.3 Å². The number of hydrogen-bond acceptors (Lipinski definition) is 8. The number of aromatic nitrogens is 3. The smallest absolute Gasteiger partial charge is 0.232 e. The Hall–Kier alpha value is -2.31. The third-order valence-corrected chi connectivity index (χ3v) is 7.48. The number of pyridine rings is 1. The van der Waals surface area contributed by atoms with Crippen molar-refractivity contribution >= 4 is 11.6 Å². The van der Waals surface area contributed by atoms with Crippen molar-refractivity contribution in [3.63, 3.8) is 0 Å². The molecule has 1 saturated heterocycles. The van der Waals surface area contributed by atoms with Gasteiger partial charge in [-0.25, -0.2) is 4.98 Å². The molecule has 36 heavy (non-hydrogen) atoms. The number of ether oxygens (including phenoxy) is 3. The summed E-state index contributed by atoms with van der Waals surface area (Å²) in [5.74, 6) is 0.855. The molecule has 9 heteroatoms. The quantitative estimate of drug-likeness (QED) is 0.488. The Labute approximate surface area is 223 Å². The maximum absolute atomic E-state index is 9.68. The topological polar surface area (TPSA) is 102 Å². The lowest BCUT2D eigenvalue weighted by Crippen LogP contribution is -2.41. The normalized spacial score (nSPS) is 24.1. The predicted molar refractivity (Wildman–Crippen MR) is 138 cm³/mol. The molecule has 1 saturated carbocycles. The van der Waals surface area contributed by atoms with E-state index in [2.05, 4.69) is 26.3 Å². The lowest BCUT2D eigenvalue weighted by atomic mass is 9.83. The van der Waals surface area contributed by atoms with Crippen LogP contribution in [-0.2, 0) is 15.9 Å². The number of hydrogen-bond donors (Lipinski definition) is 1. The van der Waals surface area contributed by atoms with Crippen LogP contribution in [0.5, 0.6) is 5.88 Å². The summed E-state index contributed by atoms with van der Waals surface area (Å²) in [4.78, 5) is 13.5. The average molecular weight is 517 g/mol. The van der Waals surface area contributed by atoms with Gasteiger partial charge in [0.25, 0.3) is 0 Å². The van der Waals surface area contributed by atoms with Crippen LogP contribution in [-0.4, -0.2) is 60.5 Å². The first kappa shape index (κ1) is 22.9. The molecular weight excluding hydrogens is 478 g/mol. The summed E-state index contributed by atoms with van der Waals surface area (Å²) in [6.07, 6.45) is 11.1. The maximum atomic E-state index is 9.68.